The first-order chi connectivity index (χ1) is 7.43. The molecule has 2 rings (SSSR count). The fourth-order valence-corrected chi connectivity index (χ4v) is 2.06. The Balaban J connectivity index is 2.94. The van der Waals surface area contributed by atoms with Crippen molar-refractivity contribution in [3.05, 3.63) is 29.0 Å². The van der Waals surface area contributed by atoms with Crippen molar-refractivity contribution in [1.29, 1.82) is 0 Å². The Morgan fingerprint density at radius 2 is 1.94 bits per heavy atom. The van der Waals surface area contributed by atoms with Crippen LogP contribution in [0.4, 0.5) is 0 Å². The maximum Gasteiger partial charge on any atom is 0.352 e. The molecular formula is C12H13NO3. The smallest absolute Gasteiger partial charge is 0.352 e. The highest BCUT2D eigenvalue weighted by Gasteiger charge is 2.18. The lowest BCUT2D eigenvalue weighted by atomic mass is 10.1. The van der Waals surface area contributed by atoms with Crippen LogP contribution in [-0.4, -0.2) is 20.7 Å². The zero-order valence-electron chi connectivity index (χ0n) is 9.40. The van der Waals surface area contributed by atoms with Gasteiger partial charge in [-0.1, -0.05) is 0 Å². The molecule has 0 radical (unpaired) electrons. The Labute approximate surface area is 92.7 Å². The minimum atomic E-state index is -0.951. The van der Waals surface area contributed by atoms with Gasteiger partial charge in [-0.25, -0.2) is 4.79 Å². The van der Waals surface area contributed by atoms with E-state index in [-0.39, 0.29) is 11.4 Å². The van der Waals surface area contributed by atoms with Crippen LogP contribution in [0.25, 0.3) is 10.9 Å². The minimum absolute atomic E-state index is 0.193. The zero-order chi connectivity index (χ0) is 12.0. The van der Waals surface area contributed by atoms with Crippen molar-refractivity contribution in [2.24, 2.45) is 7.05 Å². The summed E-state index contributed by atoms with van der Waals surface area (Å²) in [5.74, 6) is -0.758. The molecule has 0 atom stereocenters. The molecule has 0 unspecified atom stereocenters. The van der Waals surface area contributed by atoms with Crippen LogP contribution in [0.2, 0.25) is 0 Å². The average Bonchev–Trinajstić information content (AvgIpc) is 2.41. The number of carboxylic acid groups (broad SMARTS) is 1. The van der Waals surface area contributed by atoms with Gasteiger partial charge in [-0.05, 0) is 37.1 Å². The lowest BCUT2D eigenvalue weighted by Crippen LogP contribution is -2.05. The molecule has 4 heteroatoms. The molecule has 0 aliphatic carbocycles. The third-order valence-corrected chi connectivity index (χ3v) is 2.97. The summed E-state index contributed by atoms with van der Waals surface area (Å²) in [4.78, 5) is 11.1. The predicted molar refractivity (Wildman–Crippen MR) is 61.0 cm³/mol. The SMILES string of the molecule is Cc1cc2c(cc1O)c(C)c(C(=O)O)n2C. The van der Waals surface area contributed by atoms with Crippen LogP contribution in [0.3, 0.4) is 0 Å². The lowest BCUT2D eigenvalue weighted by molar-refractivity contribution is 0.0686. The molecule has 84 valence electrons. The minimum Gasteiger partial charge on any atom is -0.508 e. The van der Waals surface area contributed by atoms with Crippen molar-refractivity contribution >= 4 is 16.9 Å². The van der Waals surface area contributed by atoms with Crippen molar-refractivity contribution in [3.63, 3.8) is 0 Å². The van der Waals surface area contributed by atoms with E-state index in [2.05, 4.69) is 0 Å². The molecule has 1 aromatic carbocycles. The summed E-state index contributed by atoms with van der Waals surface area (Å²) < 4.78 is 1.64. The highest BCUT2D eigenvalue weighted by Crippen LogP contribution is 2.30. The quantitative estimate of drug-likeness (QED) is 0.772. The summed E-state index contributed by atoms with van der Waals surface area (Å²) in [5, 5.41) is 19.5. The van der Waals surface area contributed by atoms with Gasteiger partial charge in [-0.15, -0.1) is 0 Å². The number of carboxylic acids is 1. The summed E-state index contributed by atoms with van der Waals surface area (Å²) in [6.07, 6.45) is 0. The van der Waals surface area contributed by atoms with E-state index in [9.17, 15) is 9.90 Å². The Morgan fingerprint density at radius 3 is 2.50 bits per heavy atom. The largest absolute Gasteiger partial charge is 0.508 e. The first kappa shape index (κ1) is 10.5. The molecule has 0 saturated heterocycles. The molecule has 0 aliphatic heterocycles. The molecule has 16 heavy (non-hydrogen) atoms. The molecule has 0 spiro atoms. The Hall–Kier alpha value is -1.97. The highest BCUT2D eigenvalue weighted by molar-refractivity contribution is 5.98. The number of nitrogens with zero attached hydrogens (tertiary/aromatic N) is 1. The van der Waals surface area contributed by atoms with Crippen molar-refractivity contribution < 1.29 is 15.0 Å². The monoisotopic (exact) mass is 219 g/mol. The summed E-state index contributed by atoms with van der Waals surface area (Å²) in [5.41, 5.74) is 2.51. The van der Waals surface area contributed by atoms with Gasteiger partial charge in [0.05, 0.1) is 0 Å². The number of carbonyl (C=O) groups is 1. The number of aromatic carboxylic acids is 1. The first-order valence-electron chi connectivity index (χ1n) is 4.95. The fourth-order valence-electron chi connectivity index (χ4n) is 2.06. The van der Waals surface area contributed by atoms with Crippen molar-refractivity contribution in [1.82, 2.24) is 4.57 Å². The molecule has 0 bridgehead atoms. The van der Waals surface area contributed by atoms with Crippen molar-refractivity contribution in [3.8, 4) is 5.75 Å². The summed E-state index contributed by atoms with van der Waals surface area (Å²) in [6.45, 7) is 3.54. The fraction of sp³-hybridized carbons (Fsp3) is 0.250. The van der Waals surface area contributed by atoms with E-state index in [1.807, 2.05) is 0 Å². The van der Waals surface area contributed by atoms with Crippen LogP contribution >= 0.6 is 0 Å². The van der Waals surface area contributed by atoms with Gasteiger partial charge >= 0.3 is 5.97 Å². The topological polar surface area (TPSA) is 62.5 Å². The van der Waals surface area contributed by atoms with E-state index in [4.69, 9.17) is 5.11 Å². The number of benzene rings is 1. The molecule has 0 fully saturated rings. The van der Waals surface area contributed by atoms with Crippen molar-refractivity contribution in [2.45, 2.75) is 13.8 Å². The summed E-state index contributed by atoms with van der Waals surface area (Å²) in [7, 11) is 1.72. The van der Waals surface area contributed by atoms with Crippen LogP contribution in [0.1, 0.15) is 21.6 Å². The first-order valence-corrected chi connectivity index (χ1v) is 4.95. The van der Waals surface area contributed by atoms with E-state index in [0.29, 0.717) is 5.56 Å². The van der Waals surface area contributed by atoms with E-state index in [0.717, 1.165) is 16.5 Å². The number of phenols is 1. The van der Waals surface area contributed by atoms with E-state index >= 15 is 0 Å². The van der Waals surface area contributed by atoms with Gasteiger partial charge in [-0.3, -0.25) is 0 Å². The molecule has 2 N–H and O–H groups in total. The molecule has 0 saturated carbocycles. The Bertz CT molecular complexity index is 551. The normalized spacial score (nSPS) is 10.9. The van der Waals surface area contributed by atoms with Gasteiger partial charge in [0.2, 0.25) is 0 Å². The van der Waals surface area contributed by atoms with Gasteiger partial charge in [0.1, 0.15) is 11.4 Å². The zero-order valence-corrected chi connectivity index (χ0v) is 9.40. The molecule has 2 aromatic rings. The number of aryl methyl sites for hydroxylation is 3. The molecule has 0 aliphatic rings. The maximum atomic E-state index is 11.1. The third kappa shape index (κ3) is 1.26. The van der Waals surface area contributed by atoms with Crippen LogP contribution in [0.15, 0.2) is 12.1 Å². The maximum absolute atomic E-state index is 11.1. The average molecular weight is 219 g/mol. The summed E-state index contributed by atoms with van der Waals surface area (Å²) in [6, 6.07) is 3.41. The van der Waals surface area contributed by atoms with Gasteiger partial charge in [-0.2, -0.15) is 0 Å². The molecule has 4 nitrogen and oxygen atoms in total. The number of phenolic OH excluding ortho intramolecular Hbond substituents is 1. The number of aromatic hydroxyl groups is 1. The van der Waals surface area contributed by atoms with Crippen LogP contribution < -0.4 is 0 Å². The second-order valence-electron chi connectivity index (χ2n) is 3.99. The van der Waals surface area contributed by atoms with E-state index in [1.54, 1.807) is 37.6 Å². The molecule has 1 heterocycles. The van der Waals surface area contributed by atoms with Crippen molar-refractivity contribution in [2.75, 3.05) is 0 Å². The highest BCUT2D eigenvalue weighted by atomic mass is 16.4. The lowest BCUT2D eigenvalue weighted by Gasteiger charge is -2.01. The number of fused-ring (bicyclic) bond motifs is 1. The van der Waals surface area contributed by atoms with Gasteiger partial charge < -0.3 is 14.8 Å². The number of hydrogen-bond donors (Lipinski definition) is 2. The van der Waals surface area contributed by atoms with Gasteiger partial charge in [0.15, 0.2) is 0 Å². The van der Waals surface area contributed by atoms with Crippen LogP contribution in [-0.2, 0) is 7.05 Å². The second-order valence-corrected chi connectivity index (χ2v) is 3.99. The van der Waals surface area contributed by atoms with Gasteiger partial charge in [0, 0.05) is 18.0 Å². The Morgan fingerprint density at radius 1 is 1.31 bits per heavy atom. The van der Waals surface area contributed by atoms with Crippen LogP contribution in [0, 0.1) is 13.8 Å². The summed E-state index contributed by atoms with van der Waals surface area (Å²) >= 11 is 0. The van der Waals surface area contributed by atoms with E-state index < -0.39 is 5.97 Å². The molecule has 0 amide bonds. The Kier molecular flexibility index (Phi) is 2.15. The predicted octanol–water partition coefficient (Wildman–Crippen LogP) is 2.20. The van der Waals surface area contributed by atoms with Gasteiger partial charge in [0.25, 0.3) is 0 Å². The molecular weight excluding hydrogens is 206 g/mol. The molecule has 1 aromatic heterocycles. The number of hydrogen-bond acceptors (Lipinski definition) is 2. The standard InChI is InChI=1S/C12H13NO3/c1-6-4-9-8(5-10(6)14)7(2)11(12(15)16)13(9)3/h4-5,14H,1-3H3,(H,15,16). The van der Waals surface area contributed by atoms with E-state index in [1.165, 1.54) is 0 Å². The third-order valence-electron chi connectivity index (χ3n) is 2.97. The van der Waals surface area contributed by atoms with Crippen LogP contribution in [0.5, 0.6) is 5.75 Å². The second kappa shape index (κ2) is 3.27. The number of rotatable bonds is 1. The number of aromatic nitrogens is 1.